The molecule has 1 aliphatic rings. The summed E-state index contributed by atoms with van der Waals surface area (Å²) in [6.07, 6.45) is 0. The molecule has 0 amide bonds. The van der Waals surface area contributed by atoms with Crippen LogP contribution in [0, 0.1) is 0 Å². The zero-order valence-electron chi connectivity index (χ0n) is 11.1. The van der Waals surface area contributed by atoms with Crippen molar-refractivity contribution in [2.45, 2.75) is 13.2 Å². The SMILES string of the molecule is COc1ccc2c(c1)COCc1cc(OC)ccc1-2. The molecule has 0 atom stereocenters. The van der Waals surface area contributed by atoms with Crippen molar-refractivity contribution in [3.8, 4) is 22.6 Å². The van der Waals surface area contributed by atoms with Gasteiger partial charge in [0, 0.05) is 0 Å². The first-order valence-electron chi connectivity index (χ1n) is 6.24. The molecule has 19 heavy (non-hydrogen) atoms. The fraction of sp³-hybridized carbons (Fsp3) is 0.250. The molecule has 0 spiro atoms. The van der Waals surface area contributed by atoms with Gasteiger partial charge in [0.15, 0.2) is 0 Å². The number of fused-ring (bicyclic) bond motifs is 3. The summed E-state index contributed by atoms with van der Waals surface area (Å²) in [6.45, 7) is 1.20. The normalized spacial score (nSPS) is 13.2. The Morgan fingerprint density at radius 3 is 1.68 bits per heavy atom. The minimum atomic E-state index is 0.601. The van der Waals surface area contributed by atoms with E-state index in [4.69, 9.17) is 14.2 Å². The standard InChI is InChI=1S/C16H16O3/c1-17-13-3-5-15-11(7-13)9-19-10-12-8-14(18-2)4-6-16(12)15/h3-8H,9-10H2,1-2H3. The van der Waals surface area contributed by atoms with E-state index in [1.807, 2.05) is 24.3 Å². The number of hydrogen-bond acceptors (Lipinski definition) is 3. The second-order valence-corrected chi connectivity index (χ2v) is 4.54. The fourth-order valence-electron chi connectivity index (χ4n) is 2.43. The Kier molecular flexibility index (Phi) is 3.13. The number of rotatable bonds is 2. The Labute approximate surface area is 112 Å². The number of methoxy groups -OCH3 is 2. The van der Waals surface area contributed by atoms with E-state index in [2.05, 4.69) is 12.1 Å². The van der Waals surface area contributed by atoms with Crippen molar-refractivity contribution in [2.75, 3.05) is 14.2 Å². The zero-order valence-corrected chi connectivity index (χ0v) is 11.1. The van der Waals surface area contributed by atoms with Crippen LogP contribution >= 0.6 is 0 Å². The molecule has 0 unspecified atom stereocenters. The Bertz CT molecular complexity index is 551. The van der Waals surface area contributed by atoms with Gasteiger partial charge in [0.25, 0.3) is 0 Å². The van der Waals surface area contributed by atoms with Crippen molar-refractivity contribution in [2.24, 2.45) is 0 Å². The zero-order chi connectivity index (χ0) is 13.2. The van der Waals surface area contributed by atoms with Crippen LogP contribution < -0.4 is 9.47 Å². The van der Waals surface area contributed by atoms with E-state index in [-0.39, 0.29) is 0 Å². The summed E-state index contributed by atoms with van der Waals surface area (Å²) >= 11 is 0. The van der Waals surface area contributed by atoms with Crippen LogP contribution in [0.1, 0.15) is 11.1 Å². The molecule has 0 saturated carbocycles. The van der Waals surface area contributed by atoms with E-state index in [0.717, 1.165) is 22.6 Å². The Morgan fingerprint density at radius 1 is 0.789 bits per heavy atom. The van der Waals surface area contributed by atoms with Crippen molar-refractivity contribution in [3.63, 3.8) is 0 Å². The molecule has 0 N–H and O–H groups in total. The molecule has 1 aliphatic heterocycles. The average molecular weight is 256 g/mol. The summed E-state index contributed by atoms with van der Waals surface area (Å²) in [6, 6.07) is 12.2. The Morgan fingerprint density at radius 2 is 1.26 bits per heavy atom. The van der Waals surface area contributed by atoms with Gasteiger partial charge in [-0.05, 0) is 46.5 Å². The minimum absolute atomic E-state index is 0.601. The van der Waals surface area contributed by atoms with E-state index in [1.165, 1.54) is 11.1 Å². The van der Waals surface area contributed by atoms with Crippen LogP contribution in [-0.2, 0) is 18.0 Å². The van der Waals surface area contributed by atoms with Gasteiger partial charge in [0.1, 0.15) is 11.5 Å². The van der Waals surface area contributed by atoms with Crippen molar-refractivity contribution < 1.29 is 14.2 Å². The molecule has 3 nitrogen and oxygen atoms in total. The molecule has 3 rings (SSSR count). The first-order chi connectivity index (χ1) is 9.31. The lowest BCUT2D eigenvalue weighted by Gasteiger charge is -2.11. The second-order valence-electron chi connectivity index (χ2n) is 4.54. The smallest absolute Gasteiger partial charge is 0.119 e. The lowest BCUT2D eigenvalue weighted by Crippen LogP contribution is -1.91. The van der Waals surface area contributed by atoms with Crippen LogP contribution in [0.4, 0.5) is 0 Å². The highest BCUT2D eigenvalue weighted by molar-refractivity contribution is 5.72. The molecular weight excluding hydrogens is 240 g/mol. The van der Waals surface area contributed by atoms with Crippen LogP contribution in [0.25, 0.3) is 11.1 Å². The summed E-state index contributed by atoms with van der Waals surface area (Å²) < 4.78 is 16.3. The largest absolute Gasteiger partial charge is 0.497 e. The maximum atomic E-state index is 5.74. The first-order valence-corrected chi connectivity index (χ1v) is 6.24. The summed E-state index contributed by atoms with van der Waals surface area (Å²) in [4.78, 5) is 0. The molecular formula is C16H16O3. The molecule has 0 bridgehead atoms. The third-order valence-electron chi connectivity index (χ3n) is 3.43. The summed E-state index contributed by atoms with van der Waals surface area (Å²) in [5.74, 6) is 1.72. The van der Waals surface area contributed by atoms with E-state index in [9.17, 15) is 0 Å². The predicted octanol–water partition coefficient (Wildman–Crippen LogP) is 3.40. The van der Waals surface area contributed by atoms with Crippen LogP contribution in [0.15, 0.2) is 36.4 Å². The van der Waals surface area contributed by atoms with Crippen LogP contribution in [-0.4, -0.2) is 14.2 Å². The Hall–Kier alpha value is -2.00. The summed E-state index contributed by atoms with van der Waals surface area (Å²) in [5, 5.41) is 0. The summed E-state index contributed by atoms with van der Waals surface area (Å²) in [7, 11) is 3.36. The highest BCUT2D eigenvalue weighted by atomic mass is 16.5. The topological polar surface area (TPSA) is 27.7 Å². The van der Waals surface area contributed by atoms with E-state index < -0.39 is 0 Å². The van der Waals surface area contributed by atoms with Gasteiger partial charge in [0.05, 0.1) is 27.4 Å². The highest BCUT2D eigenvalue weighted by Crippen LogP contribution is 2.35. The van der Waals surface area contributed by atoms with Crippen LogP contribution in [0.3, 0.4) is 0 Å². The van der Waals surface area contributed by atoms with Gasteiger partial charge in [-0.25, -0.2) is 0 Å². The first kappa shape index (κ1) is 12.1. The molecule has 0 aliphatic carbocycles. The summed E-state index contributed by atoms with van der Waals surface area (Å²) in [5.41, 5.74) is 4.72. The van der Waals surface area contributed by atoms with E-state index >= 15 is 0 Å². The third-order valence-corrected chi connectivity index (χ3v) is 3.43. The predicted molar refractivity (Wildman–Crippen MR) is 73.5 cm³/mol. The lowest BCUT2D eigenvalue weighted by molar-refractivity contribution is 0.109. The van der Waals surface area contributed by atoms with Gasteiger partial charge in [-0.1, -0.05) is 12.1 Å². The maximum absolute atomic E-state index is 5.74. The molecule has 98 valence electrons. The molecule has 0 saturated heterocycles. The van der Waals surface area contributed by atoms with Gasteiger partial charge in [-0.3, -0.25) is 0 Å². The van der Waals surface area contributed by atoms with Gasteiger partial charge >= 0.3 is 0 Å². The highest BCUT2D eigenvalue weighted by Gasteiger charge is 2.15. The molecule has 0 fully saturated rings. The lowest BCUT2D eigenvalue weighted by atomic mass is 9.96. The maximum Gasteiger partial charge on any atom is 0.119 e. The van der Waals surface area contributed by atoms with Gasteiger partial charge in [0.2, 0.25) is 0 Å². The van der Waals surface area contributed by atoms with Crippen LogP contribution in [0.2, 0.25) is 0 Å². The van der Waals surface area contributed by atoms with E-state index in [0.29, 0.717) is 13.2 Å². The van der Waals surface area contributed by atoms with Crippen molar-refractivity contribution in [1.29, 1.82) is 0 Å². The Balaban J connectivity index is 2.14. The second kappa shape index (κ2) is 4.94. The van der Waals surface area contributed by atoms with E-state index in [1.54, 1.807) is 14.2 Å². The number of hydrogen-bond donors (Lipinski definition) is 0. The number of ether oxygens (including phenoxy) is 3. The van der Waals surface area contributed by atoms with Gasteiger partial charge < -0.3 is 14.2 Å². The third kappa shape index (κ3) is 2.17. The molecule has 0 aromatic heterocycles. The molecule has 2 aromatic carbocycles. The van der Waals surface area contributed by atoms with Gasteiger partial charge in [-0.15, -0.1) is 0 Å². The van der Waals surface area contributed by atoms with Crippen LogP contribution in [0.5, 0.6) is 11.5 Å². The van der Waals surface area contributed by atoms with Crippen molar-refractivity contribution >= 4 is 0 Å². The molecule has 0 radical (unpaired) electrons. The fourth-order valence-corrected chi connectivity index (χ4v) is 2.43. The molecule has 1 heterocycles. The van der Waals surface area contributed by atoms with Crippen molar-refractivity contribution in [1.82, 2.24) is 0 Å². The molecule has 2 aromatic rings. The monoisotopic (exact) mass is 256 g/mol. The quantitative estimate of drug-likeness (QED) is 0.824. The average Bonchev–Trinajstić information content (AvgIpc) is 2.64. The minimum Gasteiger partial charge on any atom is -0.497 e. The number of benzene rings is 2. The van der Waals surface area contributed by atoms with Crippen molar-refractivity contribution in [3.05, 3.63) is 47.5 Å². The molecule has 3 heteroatoms. The van der Waals surface area contributed by atoms with Gasteiger partial charge in [-0.2, -0.15) is 0 Å².